The predicted molar refractivity (Wildman–Crippen MR) is 162 cm³/mol. The van der Waals surface area contributed by atoms with E-state index in [1.807, 2.05) is 9.80 Å². The highest BCUT2D eigenvalue weighted by Crippen LogP contribution is 2.11. The zero-order valence-electron chi connectivity index (χ0n) is 26.4. The van der Waals surface area contributed by atoms with E-state index in [9.17, 15) is 9.59 Å². The van der Waals surface area contributed by atoms with Crippen molar-refractivity contribution in [2.45, 2.75) is 77.6 Å². The van der Waals surface area contributed by atoms with E-state index in [2.05, 4.69) is 6.92 Å². The molecule has 42 heavy (non-hydrogen) atoms. The first-order valence-corrected chi connectivity index (χ1v) is 16.3. The molecule has 1 saturated heterocycles. The van der Waals surface area contributed by atoms with Gasteiger partial charge in [-0.2, -0.15) is 0 Å². The summed E-state index contributed by atoms with van der Waals surface area (Å²) in [5.74, 6) is -0.656. The van der Waals surface area contributed by atoms with Crippen molar-refractivity contribution in [1.29, 1.82) is 0 Å². The second kappa shape index (κ2) is 29.7. The highest BCUT2D eigenvalue weighted by molar-refractivity contribution is 5.76. The Morgan fingerprint density at radius 3 is 1.33 bits per heavy atom. The van der Waals surface area contributed by atoms with E-state index in [0.29, 0.717) is 118 Å². The van der Waals surface area contributed by atoms with Gasteiger partial charge in [0.2, 0.25) is 5.91 Å². The first kappa shape index (κ1) is 38.7. The third-order valence-corrected chi connectivity index (χ3v) is 7.09. The van der Waals surface area contributed by atoms with Crippen LogP contribution in [0.15, 0.2) is 0 Å². The van der Waals surface area contributed by atoms with Crippen LogP contribution in [0.5, 0.6) is 0 Å². The molecular weight excluding hydrogens is 544 g/mol. The van der Waals surface area contributed by atoms with Crippen molar-refractivity contribution in [2.75, 3.05) is 112 Å². The van der Waals surface area contributed by atoms with E-state index >= 15 is 0 Å². The van der Waals surface area contributed by atoms with Crippen LogP contribution in [0.4, 0.5) is 0 Å². The van der Waals surface area contributed by atoms with Gasteiger partial charge in [-0.25, -0.2) is 0 Å². The molecule has 11 heteroatoms. The standard InChI is InChI=1S/C31H60N2O9/c1-2-3-4-5-6-7-8-9-10-11-30(34)33-16-20-39-24-28-41-26-22-37-18-14-32(13-12-31(35)36)15-19-38-23-27-42-29-25-40-21-17-33/h2-29H2,1H3,(H,35,36). The molecule has 0 bridgehead atoms. The van der Waals surface area contributed by atoms with E-state index in [0.717, 1.165) is 12.8 Å². The third-order valence-electron chi connectivity index (χ3n) is 7.09. The lowest BCUT2D eigenvalue weighted by atomic mass is 10.1. The minimum absolute atomic E-state index is 0.0808. The van der Waals surface area contributed by atoms with Crippen LogP contribution in [-0.2, 0) is 38.0 Å². The summed E-state index contributed by atoms with van der Waals surface area (Å²) in [7, 11) is 0. The molecule has 0 spiro atoms. The molecule has 0 aromatic rings. The van der Waals surface area contributed by atoms with Gasteiger partial charge in [-0.05, 0) is 6.42 Å². The van der Waals surface area contributed by atoms with Gasteiger partial charge in [-0.1, -0.05) is 58.3 Å². The van der Waals surface area contributed by atoms with E-state index < -0.39 is 5.97 Å². The molecule has 0 aromatic heterocycles. The maximum absolute atomic E-state index is 12.9. The lowest BCUT2D eigenvalue weighted by molar-refractivity contribution is -0.137. The largest absolute Gasteiger partial charge is 0.481 e. The SMILES string of the molecule is CCCCCCCCCCCC(=O)N1CCOCCOCCOCCN(CCC(=O)O)CCOCCOCCOCC1. The van der Waals surface area contributed by atoms with Crippen molar-refractivity contribution in [3.05, 3.63) is 0 Å². The molecule has 0 aromatic carbocycles. The molecule has 1 heterocycles. The molecule has 0 aliphatic carbocycles. The summed E-state index contributed by atoms with van der Waals surface area (Å²) in [4.78, 5) is 27.7. The Kier molecular flexibility index (Phi) is 27.4. The van der Waals surface area contributed by atoms with Crippen molar-refractivity contribution in [2.24, 2.45) is 0 Å². The predicted octanol–water partition coefficient (Wildman–Crippen LogP) is 3.63. The molecule has 1 fully saturated rings. The molecule has 11 nitrogen and oxygen atoms in total. The van der Waals surface area contributed by atoms with Crippen molar-refractivity contribution in [3.8, 4) is 0 Å². The summed E-state index contributed by atoms with van der Waals surface area (Å²) in [5, 5.41) is 9.00. The summed E-state index contributed by atoms with van der Waals surface area (Å²) in [6, 6.07) is 0. The summed E-state index contributed by atoms with van der Waals surface area (Å²) in [5.41, 5.74) is 0. The number of hydrogen-bond acceptors (Lipinski definition) is 9. The summed E-state index contributed by atoms with van der Waals surface area (Å²) < 4.78 is 33.9. The summed E-state index contributed by atoms with van der Waals surface area (Å²) in [6.07, 6.45) is 11.7. The van der Waals surface area contributed by atoms with Gasteiger partial charge >= 0.3 is 5.97 Å². The molecule has 1 rings (SSSR count). The monoisotopic (exact) mass is 604 g/mol. The molecule has 0 radical (unpaired) electrons. The van der Waals surface area contributed by atoms with E-state index in [4.69, 9.17) is 33.5 Å². The van der Waals surface area contributed by atoms with Crippen LogP contribution < -0.4 is 0 Å². The summed E-state index contributed by atoms with van der Waals surface area (Å²) >= 11 is 0. The number of ether oxygens (including phenoxy) is 6. The minimum atomic E-state index is -0.818. The van der Waals surface area contributed by atoms with Gasteiger partial charge in [0.25, 0.3) is 0 Å². The quantitative estimate of drug-likeness (QED) is 0.313. The molecule has 1 aliphatic heterocycles. The van der Waals surface area contributed by atoms with Gasteiger partial charge in [0, 0.05) is 39.1 Å². The van der Waals surface area contributed by atoms with Crippen LogP contribution in [-0.4, -0.2) is 139 Å². The molecule has 1 amide bonds. The average molecular weight is 605 g/mol. The maximum atomic E-state index is 12.9. The molecular formula is C31H60N2O9. The van der Waals surface area contributed by atoms with Crippen LogP contribution in [0.2, 0.25) is 0 Å². The van der Waals surface area contributed by atoms with Gasteiger partial charge < -0.3 is 38.4 Å². The molecule has 1 aliphatic rings. The number of carbonyl (C=O) groups excluding carboxylic acids is 1. The van der Waals surface area contributed by atoms with Crippen molar-refractivity contribution in [1.82, 2.24) is 9.80 Å². The molecule has 0 saturated carbocycles. The van der Waals surface area contributed by atoms with Crippen LogP contribution in [0, 0.1) is 0 Å². The van der Waals surface area contributed by atoms with Gasteiger partial charge in [-0.3, -0.25) is 14.5 Å². The van der Waals surface area contributed by atoms with Gasteiger partial charge in [-0.15, -0.1) is 0 Å². The molecule has 0 unspecified atom stereocenters. The lowest BCUT2D eigenvalue weighted by Crippen LogP contribution is -2.37. The van der Waals surface area contributed by atoms with Crippen LogP contribution in [0.1, 0.15) is 77.6 Å². The first-order valence-electron chi connectivity index (χ1n) is 16.3. The van der Waals surface area contributed by atoms with E-state index in [1.54, 1.807) is 0 Å². The number of rotatable bonds is 13. The van der Waals surface area contributed by atoms with Gasteiger partial charge in [0.1, 0.15) is 0 Å². The fourth-order valence-corrected chi connectivity index (χ4v) is 4.52. The Morgan fingerprint density at radius 2 is 0.905 bits per heavy atom. The number of carboxylic acids is 1. The zero-order valence-corrected chi connectivity index (χ0v) is 26.4. The van der Waals surface area contributed by atoms with Crippen molar-refractivity contribution < 1.29 is 43.1 Å². The topological polar surface area (TPSA) is 116 Å². The number of hydrogen-bond donors (Lipinski definition) is 1. The van der Waals surface area contributed by atoms with E-state index in [1.165, 1.54) is 44.9 Å². The Labute approximate surface area is 254 Å². The average Bonchev–Trinajstić information content (AvgIpc) is 2.98. The zero-order chi connectivity index (χ0) is 30.4. The lowest BCUT2D eigenvalue weighted by Gasteiger charge is -2.23. The molecule has 1 N–H and O–H groups in total. The Balaban J connectivity index is 2.36. The fourth-order valence-electron chi connectivity index (χ4n) is 4.52. The second-order valence-corrected chi connectivity index (χ2v) is 10.6. The third kappa shape index (κ3) is 25.2. The highest BCUT2D eigenvalue weighted by atomic mass is 16.5. The van der Waals surface area contributed by atoms with Crippen molar-refractivity contribution >= 4 is 11.9 Å². The van der Waals surface area contributed by atoms with E-state index in [-0.39, 0.29) is 12.3 Å². The summed E-state index contributed by atoms with van der Waals surface area (Å²) in [6.45, 7) is 10.6. The van der Waals surface area contributed by atoms with Crippen LogP contribution in [0.3, 0.4) is 0 Å². The Morgan fingerprint density at radius 1 is 0.524 bits per heavy atom. The minimum Gasteiger partial charge on any atom is -0.481 e. The van der Waals surface area contributed by atoms with Gasteiger partial charge in [0.05, 0.1) is 85.7 Å². The normalized spacial score (nSPS) is 19.2. The number of amides is 1. The maximum Gasteiger partial charge on any atom is 0.304 e. The number of nitrogens with zero attached hydrogens (tertiary/aromatic N) is 2. The first-order chi connectivity index (χ1) is 20.6. The Bertz CT molecular complexity index is 601. The number of unbranched alkanes of at least 4 members (excludes halogenated alkanes) is 8. The van der Waals surface area contributed by atoms with Crippen LogP contribution in [0.25, 0.3) is 0 Å². The van der Waals surface area contributed by atoms with Crippen LogP contribution >= 0.6 is 0 Å². The van der Waals surface area contributed by atoms with Gasteiger partial charge in [0.15, 0.2) is 0 Å². The number of aliphatic carboxylic acids is 1. The number of carboxylic acid groups (broad SMARTS) is 1. The second-order valence-electron chi connectivity index (χ2n) is 10.6. The molecule has 0 atom stereocenters. The fraction of sp³-hybridized carbons (Fsp3) is 0.935. The number of carbonyl (C=O) groups is 2. The highest BCUT2D eigenvalue weighted by Gasteiger charge is 2.13. The van der Waals surface area contributed by atoms with Crippen molar-refractivity contribution in [3.63, 3.8) is 0 Å². The molecule has 248 valence electrons. The smallest absolute Gasteiger partial charge is 0.304 e. The Hall–Kier alpha value is -1.34.